The molecule has 2 N–H and O–H groups in total. The number of rotatable bonds is 0. The minimum Gasteiger partial charge on any atom is -0.458 e. The summed E-state index contributed by atoms with van der Waals surface area (Å²) in [7, 11) is 0. The Balaban J connectivity index is 1.80. The van der Waals surface area contributed by atoms with Crippen molar-refractivity contribution in [3.8, 4) is 0 Å². The summed E-state index contributed by atoms with van der Waals surface area (Å²) in [6.07, 6.45) is 0.320. The molecule has 110 valence electrons. The van der Waals surface area contributed by atoms with E-state index >= 15 is 0 Å². The van der Waals surface area contributed by atoms with Gasteiger partial charge in [-0.25, -0.2) is 4.79 Å². The van der Waals surface area contributed by atoms with Gasteiger partial charge in [-0.05, 0) is 19.3 Å². The van der Waals surface area contributed by atoms with Crippen LogP contribution in [-0.2, 0) is 14.3 Å². The van der Waals surface area contributed by atoms with Gasteiger partial charge in [0.2, 0.25) is 0 Å². The molecule has 5 heteroatoms. The highest BCUT2D eigenvalue weighted by Gasteiger charge is 2.71. The summed E-state index contributed by atoms with van der Waals surface area (Å²) in [4.78, 5) is 11.8. The van der Waals surface area contributed by atoms with Crippen LogP contribution in [0.1, 0.15) is 26.2 Å². The van der Waals surface area contributed by atoms with Crippen molar-refractivity contribution in [2.75, 3.05) is 6.61 Å². The van der Waals surface area contributed by atoms with Crippen molar-refractivity contribution < 1.29 is 24.5 Å². The Hall–Kier alpha value is -0.910. The number of aliphatic hydroxyl groups excluding tert-OH is 2. The van der Waals surface area contributed by atoms with Crippen LogP contribution in [0, 0.1) is 17.3 Å². The number of carbonyl (C=O) groups excluding carboxylic acids is 1. The van der Waals surface area contributed by atoms with Gasteiger partial charge in [0.05, 0.1) is 30.3 Å². The molecule has 0 aromatic carbocycles. The Kier molecular flexibility index (Phi) is 2.33. The largest absolute Gasteiger partial charge is 0.458 e. The molecule has 4 aliphatic rings. The smallest absolute Gasteiger partial charge is 0.334 e. The quantitative estimate of drug-likeness (QED) is 0.381. The average Bonchev–Trinajstić information content (AvgIpc) is 3.07. The molecule has 7 atom stereocenters. The van der Waals surface area contributed by atoms with E-state index in [-0.39, 0.29) is 17.4 Å². The summed E-state index contributed by atoms with van der Waals surface area (Å²) in [6, 6.07) is 0. The Morgan fingerprint density at radius 1 is 1.40 bits per heavy atom. The third-order valence-electron chi connectivity index (χ3n) is 6.05. The number of esters is 1. The Bertz CT molecular complexity index is 496. The fourth-order valence-electron chi connectivity index (χ4n) is 4.94. The summed E-state index contributed by atoms with van der Waals surface area (Å²) in [6.45, 7) is 6.42. The van der Waals surface area contributed by atoms with Crippen molar-refractivity contribution in [1.29, 1.82) is 0 Å². The first-order valence-corrected chi connectivity index (χ1v) is 7.29. The molecule has 0 unspecified atom stereocenters. The molecule has 2 heterocycles. The predicted octanol–water partition coefficient (Wildman–Crippen LogP) is 0.395. The second-order valence-electron chi connectivity index (χ2n) is 7.08. The SMILES string of the molecule is C=C1C(=O)O[C@H]2[C@H]1[C@@H](O)C[C@@]1(C)[C@@H](O)CC[C@]3(CO3)[C@H]21. The molecule has 4 rings (SSSR count). The van der Waals surface area contributed by atoms with Gasteiger partial charge in [-0.15, -0.1) is 0 Å². The van der Waals surface area contributed by atoms with Crippen LogP contribution in [0.15, 0.2) is 12.2 Å². The van der Waals surface area contributed by atoms with Crippen LogP contribution < -0.4 is 0 Å². The maximum Gasteiger partial charge on any atom is 0.334 e. The Labute approximate surface area is 117 Å². The second-order valence-corrected chi connectivity index (χ2v) is 7.08. The predicted molar refractivity (Wildman–Crippen MR) is 68.7 cm³/mol. The van der Waals surface area contributed by atoms with Crippen LogP contribution >= 0.6 is 0 Å². The third kappa shape index (κ3) is 1.36. The van der Waals surface area contributed by atoms with Crippen LogP contribution in [0.5, 0.6) is 0 Å². The minimum atomic E-state index is -0.691. The standard InChI is InChI=1S/C15H20O5/c1-7-10-8(16)5-14(2)9(17)3-4-15(6-19-15)12(14)11(10)20-13(7)18/h8-12,16-17H,1,3-6H2,2H3/t8-,9-,10+,11-,12+,14-,15-/m0/s1. The fourth-order valence-corrected chi connectivity index (χ4v) is 4.94. The van der Waals surface area contributed by atoms with Crippen molar-refractivity contribution in [2.24, 2.45) is 17.3 Å². The van der Waals surface area contributed by atoms with E-state index < -0.39 is 29.7 Å². The number of aliphatic hydroxyl groups is 2. The lowest BCUT2D eigenvalue weighted by molar-refractivity contribution is -0.189. The van der Waals surface area contributed by atoms with Crippen LogP contribution in [0.2, 0.25) is 0 Å². The van der Waals surface area contributed by atoms with E-state index in [4.69, 9.17) is 9.47 Å². The maximum atomic E-state index is 11.8. The Morgan fingerprint density at radius 2 is 2.10 bits per heavy atom. The lowest BCUT2D eigenvalue weighted by Gasteiger charge is -2.55. The number of ether oxygens (including phenoxy) is 2. The number of carbonyl (C=O) groups is 1. The zero-order valence-electron chi connectivity index (χ0n) is 11.5. The van der Waals surface area contributed by atoms with E-state index in [1.807, 2.05) is 6.92 Å². The van der Waals surface area contributed by atoms with Crippen molar-refractivity contribution >= 4 is 5.97 Å². The molecule has 2 saturated carbocycles. The number of fused-ring (bicyclic) bond motifs is 4. The molecular weight excluding hydrogens is 260 g/mol. The number of hydrogen-bond donors (Lipinski definition) is 2. The average molecular weight is 280 g/mol. The van der Waals surface area contributed by atoms with Gasteiger partial charge in [-0.1, -0.05) is 13.5 Å². The molecular formula is C15H20O5. The molecule has 0 radical (unpaired) electrons. The van der Waals surface area contributed by atoms with Gasteiger partial charge in [0, 0.05) is 16.9 Å². The third-order valence-corrected chi connectivity index (χ3v) is 6.05. The van der Waals surface area contributed by atoms with Crippen LogP contribution in [0.4, 0.5) is 0 Å². The number of hydrogen-bond acceptors (Lipinski definition) is 5. The second kappa shape index (κ2) is 3.64. The summed E-state index contributed by atoms with van der Waals surface area (Å²) >= 11 is 0. The summed E-state index contributed by atoms with van der Waals surface area (Å²) < 4.78 is 11.2. The monoisotopic (exact) mass is 280 g/mol. The van der Waals surface area contributed by atoms with E-state index in [0.29, 0.717) is 25.0 Å². The molecule has 2 aliphatic heterocycles. The maximum absolute atomic E-state index is 11.8. The normalized spacial score (nSPS) is 57.2. The molecule has 4 fully saturated rings. The van der Waals surface area contributed by atoms with Crippen LogP contribution in [0.25, 0.3) is 0 Å². The van der Waals surface area contributed by atoms with Crippen molar-refractivity contribution in [3.05, 3.63) is 12.2 Å². The first-order chi connectivity index (χ1) is 9.39. The van der Waals surface area contributed by atoms with E-state index in [0.717, 1.165) is 6.42 Å². The highest BCUT2D eigenvalue weighted by molar-refractivity contribution is 5.91. The minimum absolute atomic E-state index is 0.0599. The van der Waals surface area contributed by atoms with E-state index in [1.54, 1.807) is 0 Å². The van der Waals surface area contributed by atoms with Crippen LogP contribution in [0.3, 0.4) is 0 Å². The van der Waals surface area contributed by atoms with Gasteiger partial charge >= 0.3 is 5.97 Å². The van der Waals surface area contributed by atoms with Gasteiger partial charge in [0.25, 0.3) is 0 Å². The Morgan fingerprint density at radius 3 is 2.75 bits per heavy atom. The fraction of sp³-hybridized carbons (Fsp3) is 0.800. The summed E-state index contributed by atoms with van der Waals surface area (Å²) in [5.74, 6) is -0.832. The molecule has 5 nitrogen and oxygen atoms in total. The van der Waals surface area contributed by atoms with Gasteiger partial charge in [0.15, 0.2) is 0 Å². The summed E-state index contributed by atoms with van der Waals surface area (Å²) in [5.41, 5.74) is -0.386. The van der Waals surface area contributed by atoms with Gasteiger partial charge in [0.1, 0.15) is 6.10 Å². The van der Waals surface area contributed by atoms with E-state index in [1.165, 1.54) is 0 Å². The molecule has 0 amide bonds. The van der Waals surface area contributed by atoms with Gasteiger partial charge < -0.3 is 19.7 Å². The van der Waals surface area contributed by atoms with Crippen molar-refractivity contribution in [2.45, 2.75) is 50.1 Å². The molecule has 2 aliphatic carbocycles. The molecule has 1 spiro atoms. The van der Waals surface area contributed by atoms with E-state index in [2.05, 4.69) is 6.58 Å². The summed E-state index contributed by atoms with van der Waals surface area (Å²) in [5, 5.41) is 20.9. The van der Waals surface area contributed by atoms with Crippen molar-refractivity contribution in [1.82, 2.24) is 0 Å². The topological polar surface area (TPSA) is 79.3 Å². The highest BCUT2D eigenvalue weighted by Crippen LogP contribution is 2.63. The number of epoxide rings is 1. The first-order valence-electron chi connectivity index (χ1n) is 7.29. The van der Waals surface area contributed by atoms with Gasteiger partial charge in [-0.3, -0.25) is 0 Å². The molecule has 2 saturated heterocycles. The lowest BCUT2D eigenvalue weighted by Crippen LogP contribution is -2.62. The molecule has 0 aromatic rings. The lowest BCUT2D eigenvalue weighted by atomic mass is 9.51. The van der Waals surface area contributed by atoms with E-state index in [9.17, 15) is 15.0 Å². The molecule has 20 heavy (non-hydrogen) atoms. The molecule has 0 bridgehead atoms. The zero-order chi connectivity index (χ0) is 14.3. The highest BCUT2D eigenvalue weighted by atomic mass is 16.6. The van der Waals surface area contributed by atoms with Gasteiger partial charge in [-0.2, -0.15) is 0 Å². The first kappa shape index (κ1) is 12.8. The van der Waals surface area contributed by atoms with Crippen LogP contribution in [-0.4, -0.2) is 46.7 Å². The zero-order valence-corrected chi connectivity index (χ0v) is 11.5. The van der Waals surface area contributed by atoms with Crippen molar-refractivity contribution in [3.63, 3.8) is 0 Å². The molecule has 0 aromatic heterocycles.